The highest BCUT2D eigenvalue weighted by Crippen LogP contribution is 2.24. The molecule has 0 aliphatic rings. The lowest BCUT2D eigenvalue weighted by Crippen LogP contribution is -2.33. The molecule has 1 N–H and O–H groups in total. The Kier molecular flexibility index (Phi) is 8.53. The maximum atomic E-state index is 12.6. The Balaban J connectivity index is 1.39. The fourth-order valence-corrected chi connectivity index (χ4v) is 3.86. The van der Waals surface area contributed by atoms with Gasteiger partial charge in [0, 0.05) is 10.0 Å². The quantitative estimate of drug-likeness (QED) is 0.115. The Morgan fingerprint density at radius 2 is 1.68 bits per heavy atom. The van der Waals surface area contributed by atoms with Crippen LogP contribution >= 0.6 is 15.9 Å². The topological polar surface area (TPSA) is 86.2 Å². The highest BCUT2D eigenvalue weighted by atomic mass is 79.9. The summed E-state index contributed by atoms with van der Waals surface area (Å²) < 4.78 is 17.5. The van der Waals surface area contributed by atoms with E-state index >= 15 is 0 Å². The fraction of sp³-hybridized carbons (Fsp3) is 0.138. The van der Waals surface area contributed by atoms with E-state index < -0.39 is 18.0 Å². The molecule has 0 unspecified atom stereocenters. The molecule has 0 aliphatic carbocycles. The molecule has 0 spiro atoms. The molecule has 7 nitrogen and oxygen atoms in total. The van der Waals surface area contributed by atoms with Gasteiger partial charge in [0.25, 0.3) is 5.91 Å². The fourth-order valence-electron chi connectivity index (χ4n) is 3.48. The first-order chi connectivity index (χ1) is 17.9. The smallest absolute Gasteiger partial charge is 0.343 e. The lowest BCUT2D eigenvalue weighted by molar-refractivity contribution is -0.127. The predicted octanol–water partition coefficient (Wildman–Crippen LogP) is 6.14. The molecule has 0 heterocycles. The van der Waals surface area contributed by atoms with Crippen LogP contribution in [0.1, 0.15) is 29.8 Å². The number of nitrogens with one attached hydrogen (secondary N) is 1. The van der Waals surface area contributed by atoms with E-state index in [0.717, 1.165) is 15.2 Å². The van der Waals surface area contributed by atoms with Gasteiger partial charge >= 0.3 is 5.97 Å². The number of fused-ring (bicyclic) bond motifs is 1. The highest BCUT2D eigenvalue weighted by molar-refractivity contribution is 9.10. The van der Waals surface area contributed by atoms with Crippen LogP contribution in [0.15, 0.2) is 94.5 Å². The SMILES string of the molecule is CCOc1ccc(C(=O)Oc2ccc(Br)cc2/C=N\NC(=O)[C@H](C)Oc2ccc3ccccc3c2)cc1. The minimum atomic E-state index is -0.780. The standard InChI is InChI=1S/C29H25BrN2O5/c1-3-35-25-12-9-21(10-13-25)29(34)37-27-15-11-24(30)16-23(27)18-31-32-28(33)19(2)36-26-14-8-20-6-4-5-7-22(20)17-26/h4-19H,3H2,1-2H3,(H,32,33)/b31-18-/t19-/m0/s1. The van der Waals surface area contributed by atoms with E-state index in [9.17, 15) is 9.59 Å². The van der Waals surface area contributed by atoms with Crippen LogP contribution < -0.4 is 19.6 Å². The molecule has 0 fully saturated rings. The van der Waals surface area contributed by atoms with Crippen LogP contribution in [0, 0.1) is 0 Å². The molecular weight excluding hydrogens is 536 g/mol. The van der Waals surface area contributed by atoms with Gasteiger partial charge in [-0.3, -0.25) is 4.79 Å². The zero-order chi connectivity index (χ0) is 26.2. The van der Waals surface area contributed by atoms with Gasteiger partial charge in [-0.2, -0.15) is 5.10 Å². The first-order valence-electron chi connectivity index (χ1n) is 11.7. The van der Waals surface area contributed by atoms with Gasteiger partial charge in [-0.05, 0) is 79.2 Å². The second-order valence-electron chi connectivity index (χ2n) is 8.03. The zero-order valence-corrected chi connectivity index (χ0v) is 21.9. The Hall–Kier alpha value is -4.17. The Labute approximate surface area is 223 Å². The summed E-state index contributed by atoms with van der Waals surface area (Å²) in [6, 6.07) is 25.4. The van der Waals surface area contributed by atoms with E-state index in [1.165, 1.54) is 6.21 Å². The molecule has 0 saturated carbocycles. The molecule has 37 heavy (non-hydrogen) atoms. The highest BCUT2D eigenvalue weighted by Gasteiger charge is 2.15. The summed E-state index contributed by atoms with van der Waals surface area (Å²) in [6.07, 6.45) is 0.629. The maximum absolute atomic E-state index is 12.6. The van der Waals surface area contributed by atoms with E-state index in [1.54, 1.807) is 49.4 Å². The normalized spacial score (nSPS) is 11.8. The molecule has 8 heteroatoms. The number of rotatable bonds is 9. The number of halogens is 1. The second kappa shape index (κ2) is 12.2. The van der Waals surface area contributed by atoms with Crippen molar-refractivity contribution in [1.29, 1.82) is 0 Å². The average molecular weight is 561 g/mol. The number of ether oxygens (including phenoxy) is 3. The van der Waals surface area contributed by atoms with Crippen LogP contribution in [0.5, 0.6) is 17.2 Å². The van der Waals surface area contributed by atoms with E-state index in [2.05, 4.69) is 26.5 Å². The van der Waals surface area contributed by atoms with E-state index in [0.29, 0.717) is 35.0 Å². The van der Waals surface area contributed by atoms with Crippen LogP contribution in [0.25, 0.3) is 10.8 Å². The third-order valence-corrected chi connectivity index (χ3v) is 5.85. The third-order valence-electron chi connectivity index (χ3n) is 5.36. The molecular formula is C29H25BrN2O5. The minimum absolute atomic E-state index is 0.292. The van der Waals surface area contributed by atoms with Gasteiger partial charge in [0.15, 0.2) is 6.10 Å². The van der Waals surface area contributed by atoms with Crippen LogP contribution in [-0.2, 0) is 4.79 Å². The second-order valence-corrected chi connectivity index (χ2v) is 8.95. The summed E-state index contributed by atoms with van der Waals surface area (Å²) in [5.41, 5.74) is 3.35. The zero-order valence-electron chi connectivity index (χ0n) is 20.3. The van der Waals surface area contributed by atoms with Crippen molar-refractivity contribution in [3.63, 3.8) is 0 Å². The summed E-state index contributed by atoms with van der Waals surface area (Å²) in [4.78, 5) is 25.2. The lowest BCUT2D eigenvalue weighted by atomic mass is 10.1. The first-order valence-corrected chi connectivity index (χ1v) is 12.4. The summed E-state index contributed by atoms with van der Waals surface area (Å²) in [7, 11) is 0. The van der Waals surface area contributed by atoms with Gasteiger partial charge in [-0.25, -0.2) is 10.2 Å². The Morgan fingerprint density at radius 3 is 2.43 bits per heavy atom. The van der Waals surface area contributed by atoms with E-state index in [4.69, 9.17) is 14.2 Å². The lowest BCUT2D eigenvalue weighted by Gasteiger charge is -2.13. The van der Waals surface area contributed by atoms with Crippen molar-refractivity contribution < 1.29 is 23.8 Å². The largest absolute Gasteiger partial charge is 0.494 e. The molecule has 0 aromatic heterocycles. The van der Waals surface area contributed by atoms with E-state index in [-0.39, 0.29) is 0 Å². The number of carbonyl (C=O) groups is 2. The van der Waals surface area contributed by atoms with Crippen LogP contribution in [0.2, 0.25) is 0 Å². The maximum Gasteiger partial charge on any atom is 0.343 e. The molecule has 0 radical (unpaired) electrons. The number of hydrogen-bond donors (Lipinski definition) is 1. The molecule has 0 saturated heterocycles. The summed E-state index contributed by atoms with van der Waals surface area (Å²) in [5, 5.41) is 6.14. The summed E-state index contributed by atoms with van der Waals surface area (Å²) in [5.74, 6) is 0.597. The molecule has 4 rings (SSSR count). The van der Waals surface area contributed by atoms with Crippen LogP contribution in [-0.4, -0.2) is 30.8 Å². The molecule has 4 aromatic rings. The summed E-state index contributed by atoms with van der Waals surface area (Å²) in [6.45, 7) is 4.07. The first kappa shape index (κ1) is 25.9. The number of carbonyl (C=O) groups excluding carboxylic acids is 2. The van der Waals surface area contributed by atoms with Gasteiger partial charge in [0.1, 0.15) is 17.2 Å². The van der Waals surface area contributed by atoms with Crippen molar-refractivity contribution in [1.82, 2.24) is 5.43 Å². The predicted molar refractivity (Wildman–Crippen MR) is 146 cm³/mol. The molecule has 1 atom stereocenters. The molecule has 188 valence electrons. The number of amides is 1. The van der Waals surface area contributed by atoms with Crippen molar-refractivity contribution in [2.24, 2.45) is 5.10 Å². The summed E-state index contributed by atoms with van der Waals surface area (Å²) >= 11 is 3.40. The van der Waals surface area contributed by atoms with Crippen molar-refractivity contribution in [2.75, 3.05) is 6.61 Å². The number of hydrazone groups is 1. The van der Waals surface area contributed by atoms with Gasteiger partial charge in [0.05, 0.1) is 18.4 Å². The molecule has 1 amide bonds. The van der Waals surface area contributed by atoms with Gasteiger partial charge in [-0.15, -0.1) is 0 Å². The van der Waals surface area contributed by atoms with Gasteiger partial charge in [0.2, 0.25) is 0 Å². The Morgan fingerprint density at radius 1 is 0.946 bits per heavy atom. The van der Waals surface area contributed by atoms with Gasteiger partial charge in [-0.1, -0.05) is 46.3 Å². The number of nitrogens with zero attached hydrogens (tertiary/aromatic N) is 1. The number of hydrogen-bond acceptors (Lipinski definition) is 6. The monoisotopic (exact) mass is 560 g/mol. The van der Waals surface area contributed by atoms with Crippen molar-refractivity contribution in [3.8, 4) is 17.2 Å². The van der Waals surface area contributed by atoms with Crippen LogP contribution in [0.4, 0.5) is 0 Å². The van der Waals surface area contributed by atoms with Gasteiger partial charge < -0.3 is 14.2 Å². The minimum Gasteiger partial charge on any atom is -0.494 e. The van der Waals surface area contributed by atoms with Crippen molar-refractivity contribution in [3.05, 3.63) is 101 Å². The van der Waals surface area contributed by atoms with Crippen molar-refractivity contribution in [2.45, 2.75) is 20.0 Å². The molecule has 4 aromatic carbocycles. The van der Waals surface area contributed by atoms with Crippen molar-refractivity contribution >= 4 is 44.8 Å². The number of benzene rings is 4. The third kappa shape index (κ3) is 6.95. The molecule has 0 bridgehead atoms. The number of esters is 1. The van der Waals surface area contributed by atoms with E-state index in [1.807, 2.05) is 49.4 Å². The average Bonchev–Trinajstić information content (AvgIpc) is 2.90. The molecule has 0 aliphatic heterocycles. The van der Waals surface area contributed by atoms with Crippen LogP contribution in [0.3, 0.4) is 0 Å². The Bertz CT molecular complexity index is 1440.